The Morgan fingerprint density at radius 3 is 0.778 bits per heavy atom. The lowest BCUT2D eigenvalue weighted by molar-refractivity contribution is 0.405. The molecule has 0 aromatic carbocycles. The maximum Gasteiger partial charge on any atom is 0.185 e. The van der Waals surface area contributed by atoms with Gasteiger partial charge in [0.15, 0.2) is 16.6 Å². The molecular weight excluding hydrogens is 256 g/mol. The van der Waals surface area contributed by atoms with Crippen molar-refractivity contribution in [3.8, 4) is 0 Å². The van der Waals surface area contributed by atoms with Gasteiger partial charge in [-0.05, 0) is 38.3 Å². The van der Waals surface area contributed by atoms with Gasteiger partial charge >= 0.3 is 0 Å². The van der Waals surface area contributed by atoms with Crippen molar-refractivity contribution in [3.05, 3.63) is 0 Å². The molecule has 0 spiro atoms. The molecule has 0 bridgehead atoms. The second-order valence-corrected chi connectivity index (χ2v) is 13.9. The van der Waals surface area contributed by atoms with Crippen molar-refractivity contribution in [1.82, 2.24) is 0 Å². The zero-order valence-electron chi connectivity index (χ0n) is 11.2. The second kappa shape index (κ2) is 17.4. The van der Waals surface area contributed by atoms with Crippen molar-refractivity contribution in [3.63, 3.8) is 0 Å². The van der Waals surface area contributed by atoms with Gasteiger partial charge in [0.2, 0.25) is 0 Å². The van der Waals surface area contributed by atoms with E-state index in [4.69, 9.17) is 8.85 Å². The molecule has 0 radical (unpaired) electrons. The van der Waals surface area contributed by atoms with Gasteiger partial charge in [0.1, 0.15) is 0 Å². The molecule has 0 N–H and O–H groups in total. The van der Waals surface area contributed by atoms with Crippen molar-refractivity contribution in [1.29, 1.82) is 0 Å². The molecule has 18 heavy (non-hydrogen) atoms. The molecule has 120 valence electrons. The highest BCUT2D eigenvalue weighted by atomic mass is 28.4. The summed E-state index contributed by atoms with van der Waals surface area (Å²) >= 11 is 0. The Balaban J connectivity index is -0.0000000327. The van der Waals surface area contributed by atoms with Gasteiger partial charge in [0.05, 0.1) is 0 Å². The Hall–Kier alpha value is 0.354. The fraction of sp³-hybridized carbons (Fsp3) is 1.00. The smallest absolute Gasteiger partial charge is 0.185 e. The summed E-state index contributed by atoms with van der Waals surface area (Å²) in [7, 11) is 1.30. The summed E-state index contributed by atoms with van der Waals surface area (Å²) in [6.45, 7) is 13.2. The van der Waals surface area contributed by atoms with Gasteiger partial charge in [0, 0.05) is 14.2 Å². The monoisotopic (exact) mass is 300 g/mol. The summed E-state index contributed by atoms with van der Waals surface area (Å²) in [6.07, 6.45) is 0. The summed E-state index contributed by atoms with van der Waals surface area (Å²) in [5.41, 5.74) is 0. The highest BCUT2D eigenvalue weighted by Gasteiger charge is 2.16. The summed E-state index contributed by atoms with van der Waals surface area (Å²) < 4.78 is 10.5. The summed E-state index contributed by atoms with van der Waals surface area (Å²) in [4.78, 5) is 0. The minimum Gasteiger partial charge on any atom is -0.420 e. The Kier molecular flexibility index (Phi) is 34.9. The molecule has 0 saturated heterocycles. The maximum absolute atomic E-state index is 5.23. The first-order chi connectivity index (χ1) is 6.24. The highest BCUT2D eigenvalue weighted by molar-refractivity contribution is 6.71. The van der Waals surface area contributed by atoms with Crippen LogP contribution in [-0.4, -0.2) is 30.9 Å². The van der Waals surface area contributed by atoms with Crippen molar-refractivity contribution in [2.75, 3.05) is 14.2 Å². The Bertz CT molecular complexity index is 110. The van der Waals surface area contributed by atoms with E-state index in [1.165, 1.54) is 12.1 Å². The van der Waals surface area contributed by atoms with Crippen LogP contribution in [0.1, 0.15) is 43.6 Å². The minimum atomic E-state index is -1.15. The molecule has 0 aliphatic heterocycles. The van der Waals surface area contributed by atoms with E-state index in [-0.39, 0.29) is 29.7 Å². The molecule has 0 atom stereocenters. The fourth-order valence-electron chi connectivity index (χ4n) is 0.289. The highest BCUT2D eigenvalue weighted by Crippen LogP contribution is 2.07. The van der Waals surface area contributed by atoms with Crippen molar-refractivity contribution >= 4 is 16.6 Å². The second-order valence-electron chi connectivity index (χ2n) is 4.63. The number of rotatable bonds is 4. The first-order valence-corrected chi connectivity index (χ1v) is 11.6. The molecule has 4 heteroatoms. The van der Waals surface area contributed by atoms with E-state index in [0.29, 0.717) is 0 Å². The maximum atomic E-state index is 5.23. The SMILES string of the molecule is C.C.C.C.CC[Si](C)(C)OC.CC[Si](C)(C)OC. The normalized spacial score (nSPS) is 9.33. The average molecular weight is 301 g/mol. The van der Waals surface area contributed by atoms with Crippen molar-refractivity contribution in [2.24, 2.45) is 0 Å². The molecular formula is C14H44O2Si2. The standard InChI is InChI=1S/2C5H14OSi.4CH4/c2*1-5-7(3,4)6-2;;;;/h2*5H2,1-4H3;4*1H4. The van der Waals surface area contributed by atoms with Crippen LogP contribution in [0.3, 0.4) is 0 Å². The lowest BCUT2D eigenvalue weighted by atomic mass is 11.0. The molecule has 2 nitrogen and oxygen atoms in total. The number of hydrogen-bond acceptors (Lipinski definition) is 2. The van der Waals surface area contributed by atoms with E-state index in [1.807, 2.05) is 0 Å². The molecule has 0 aromatic rings. The van der Waals surface area contributed by atoms with E-state index >= 15 is 0 Å². The summed E-state index contributed by atoms with van der Waals surface area (Å²) in [5.74, 6) is 0. The van der Waals surface area contributed by atoms with E-state index in [0.717, 1.165) is 0 Å². The fourth-order valence-corrected chi connectivity index (χ4v) is 0.866. The van der Waals surface area contributed by atoms with Crippen LogP contribution in [0.2, 0.25) is 38.3 Å². The molecule has 0 aliphatic carbocycles. The van der Waals surface area contributed by atoms with Crippen LogP contribution in [0, 0.1) is 0 Å². The van der Waals surface area contributed by atoms with Gasteiger partial charge in [-0.25, -0.2) is 0 Å². The molecule has 0 saturated carbocycles. The quantitative estimate of drug-likeness (QED) is 0.570. The van der Waals surface area contributed by atoms with Gasteiger partial charge in [0.25, 0.3) is 0 Å². The van der Waals surface area contributed by atoms with Crippen molar-refractivity contribution in [2.45, 2.75) is 81.8 Å². The molecule has 0 amide bonds. The zero-order chi connectivity index (χ0) is 11.8. The van der Waals surface area contributed by atoms with Gasteiger partial charge < -0.3 is 8.85 Å². The topological polar surface area (TPSA) is 18.5 Å². The summed E-state index contributed by atoms with van der Waals surface area (Å²) in [5, 5.41) is 0. The molecule has 0 aromatic heterocycles. The van der Waals surface area contributed by atoms with E-state index in [1.54, 1.807) is 14.2 Å². The summed E-state index contributed by atoms with van der Waals surface area (Å²) in [6, 6.07) is 2.42. The third kappa shape index (κ3) is 25.3. The van der Waals surface area contributed by atoms with Crippen LogP contribution in [0.5, 0.6) is 0 Å². The average Bonchev–Trinajstić information content (AvgIpc) is 2.19. The van der Waals surface area contributed by atoms with Crippen LogP contribution in [0.25, 0.3) is 0 Å². The largest absolute Gasteiger partial charge is 0.420 e. The van der Waals surface area contributed by atoms with E-state index in [9.17, 15) is 0 Å². The first kappa shape index (κ1) is 36.2. The third-order valence-electron chi connectivity index (χ3n) is 2.81. The zero-order valence-corrected chi connectivity index (χ0v) is 13.2. The predicted octanol–water partition coefficient (Wildman–Crippen LogP) is 6.26. The van der Waals surface area contributed by atoms with Gasteiger partial charge in [-0.1, -0.05) is 43.6 Å². The Morgan fingerprint density at radius 2 is 0.778 bits per heavy atom. The van der Waals surface area contributed by atoms with Crippen LogP contribution in [0.15, 0.2) is 0 Å². The van der Waals surface area contributed by atoms with Gasteiger partial charge in [-0.2, -0.15) is 0 Å². The lowest BCUT2D eigenvalue weighted by Gasteiger charge is -2.15. The first-order valence-electron chi connectivity index (χ1n) is 5.35. The van der Waals surface area contributed by atoms with Crippen LogP contribution < -0.4 is 0 Å². The lowest BCUT2D eigenvalue weighted by Crippen LogP contribution is -2.26. The van der Waals surface area contributed by atoms with Gasteiger partial charge in [-0.3, -0.25) is 0 Å². The van der Waals surface area contributed by atoms with Crippen molar-refractivity contribution < 1.29 is 8.85 Å². The molecule has 0 rings (SSSR count). The van der Waals surface area contributed by atoms with E-state index in [2.05, 4.69) is 40.0 Å². The van der Waals surface area contributed by atoms with Gasteiger partial charge in [-0.15, -0.1) is 0 Å². The van der Waals surface area contributed by atoms with E-state index < -0.39 is 16.6 Å². The predicted molar refractivity (Wildman–Crippen MR) is 96.9 cm³/mol. The molecule has 0 aliphatic rings. The van der Waals surface area contributed by atoms with Crippen LogP contribution in [-0.2, 0) is 8.85 Å². The molecule has 0 fully saturated rings. The Morgan fingerprint density at radius 1 is 0.611 bits per heavy atom. The van der Waals surface area contributed by atoms with Crippen LogP contribution in [0.4, 0.5) is 0 Å². The third-order valence-corrected chi connectivity index (χ3v) is 8.42. The Labute approximate surface area is 122 Å². The molecule has 0 unspecified atom stereocenters. The number of hydrogen-bond donors (Lipinski definition) is 0. The molecule has 0 heterocycles. The minimum absolute atomic E-state index is 0. The van der Waals surface area contributed by atoms with Crippen LogP contribution >= 0.6 is 0 Å².